The van der Waals surface area contributed by atoms with E-state index >= 15 is 0 Å². The van der Waals surface area contributed by atoms with Gasteiger partial charge in [0.25, 0.3) is 0 Å². The molecule has 0 amide bonds. The van der Waals surface area contributed by atoms with Crippen molar-refractivity contribution in [3.05, 3.63) is 78.8 Å². The van der Waals surface area contributed by atoms with Crippen molar-refractivity contribution in [2.75, 3.05) is 5.73 Å². The van der Waals surface area contributed by atoms with Gasteiger partial charge >= 0.3 is 0 Å². The first kappa shape index (κ1) is 13.5. The first-order chi connectivity index (χ1) is 11.3. The molecule has 0 aliphatic carbocycles. The molecule has 2 aromatic heterocycles. The van der Waals surface area contributed by atoms with Gasteiger partial charge in [-0.05, 0) is 11.1 Å². The highest BCUT2D eigenvalue weighted by Gasteiger charge is 2.14. The summed E-state index contributed by atoms with van der Waals surface area (Å²) in [7, 11) is 0. The maximum atomic E-state index is 6.14. The molecule has 0 spiro atoms. The molecule has 0 aliphatic rings. The van der Waals surface area contributed by atoms with Gasteiger partial charge in [0, 0.05) is 18.3 Å². The van der Waals surface area contributed by atoms with Crippen LogP contribution in [0.5, 0.6) is 0 Å². The van der Waals surface area contributed by atoms with Crippen molar-refractivity contribution in [1.82, 2.24) is 14.5 Å². The largest absolute Gasteiger partial charge is 0.383 e. The monoisotopic (exact) mass is 300 g/mol. The van der Waals surface area contributed by atoms with E-state index in [-0.39, 0.29) is 0 Å². The molecular formula is C19H16N4. The molecule has 4 nitrogen and oxygen atoms in total. The van der Waals surface area contributed by atoms with Crippen molar-refractivity contribution >= 4 is 16.9 Å². The van der Waals surface area contributed by atoms with Crippen LogP contribution in [0.3, 0.4) is 0 Å². The van der Waals surface area contributed by atoms with Crippen molar-refractivity contribution in [2.45, 2.75) is 6.54 Å². The first-order valence-corrected chi connectivity index (χ1v) is 7.51. The van der Waals surface area contributed by atoms with Gasteiger partial charge in [-0.3, -0.25) is 0 Å². The first-order valence-electron chi connectivity index (χ1n) is 7.51. The SMILES string of the molecule is Nc1ncnc2c1c(-c1ccccc1)cn2Cc1ccccc1. The molecule has 0 saturated carbocycles. The number of aromatic nitrogens is 3. The van der Waals surface area contributed by atoms with Crippen LogP contribution < -0.4 is 5.73 Å². The summed E-state index contributed by atoms with van der Waals surface area (Å²) < 4.78 is 2.13. The number of nitrogens with zero attached hydrogens (tertiary/aromatic N) is 3. The molecule has 0 unspecified atom stereocenters. The van der Waals surface area contributed by atoms with Crippen molar-refractivity contribution in [1.29, 1.82) is 0 Å². The quantitative estimate of drug-likeness (QED) is 0.627. The van der Waals surface area contributed by atoms with Gasteiger partial charge in [0.05, 0.1) is 5.39 Å². The highest BCUT2D eigenvalue weighted by atomic mass is 15.1. The summed E-state index contributed by atoms with van der Waals surface area (Å²) in [5.41, 5.74) is 10.4. The Bertz CT molecular complexity index is 943. The van der Waals surface area contributed by atoms with Crippen LogP contribution in [0.1, 0.15) is 5.56 Å². The summed E-state index contributed by atoms with van der Waals surface area (Å²) in [6.07, 6.45) is 3.63. The standard InChI is InChI=1S/C19H16N4/c20-18-17-16(15-9-5-2-6-10-15)12-23(19(17)22-13-21-18)11-14-7-3-1-4-8-14/h1-10,12-13H,11H2,(H2,20,21,22). The number of nitrogens with two attached hydrogens (primary N) is 1. The van der Waals surface area contributed by atoms with Gasteiger partial charge in [-0.15, -0.1) is 0 Å². The second-order valence-electron chi connectivity index (χ2n) is 5.48. The lowest BCUT2D eigenvalue weighted by molar-refractivity contribution is 0.824. The maximum absolute atomic E-state index is 6.14. The number of rotatable bonds is 3. The number of fused-ring (bicyclic) bond motifs is 1. The average Bonchev–Trinajstić information content (AvgIpc) is 2.97. The lowest BCUT2D eigenvalue weighted by atomic mass is 10.1. The van der Waals surface area contributed by atoms with Gasteiger partial charge in [-0.2, -0.15) is 0 Å². The number of anilines is 1. The van der Waals surface area contributed by atoms with Crippen molar-refractivity contribution in [3.63, 3.8) is 0 Å². The minimum Gasteiger partial charge on any atom is -0.383 e. The topological polar surface area (TPSA) is 56.7 Å². The molecule has 2 aromatic carbocycles. The van der Waals surface area contributed by atoms with Crippen molar-refractivity contribution < 1.29 is 0 Å². The normalized spacial score (nSPS) is 11.0. The van der Waals surface area contributed by atoms with Gasteiger partial charge in [-0.1, -0.05) is 60.7 Å². The highest BCUT2D eigenvalue weighted by Crippen LogP contribution is 2.32. The van der Waals surface area contributed by atoms with E-state index in [1.165, 1.54) is 11.9 Å². The van der Waals surface area contributed by atoms with Crippen LogP contribution in [0.15, 0.2) is 73.2 Å². The van der Waals surface area contributed by atoms with Crippen LogP contribution in [0.25, 0.3) is 22.2 Å². The van der Waals surface area contributed by atoms with E-state index in [0.29, 0.717) is 5.82 Å². The Hall–Kier alpha value is -3.14. The van der Waals surface area contributed by atoms with E-state index in [2.05, 4.69) is 45.0 Å². The molecule has 4 aromatic rings. The Balaban J connectivity index is 1.91. The van der Waals surface area contributed by atoms with Crippen LogP contribution in [0, 0.1) is 0 Å². The molecule has 112 valence electrons. The molecule has 2 heterocycles. The molecule has 0 radical (unpaired) electrons. The average molecular weight is 300 g/mol. The summed E-state index contributed by atoms with van der Waals surface area (Å²) in [4.78, 5) is 8.62. The molecule has 0 fully saturated rings. The summed E-state index contributed by atoms with van der Waals surface area (Å²) in [6.45, 7) is 0.751. The Morgan fingerprint density at radius 1 is 0.870 bits per heavy atom. The second-order valence-corrected chi connectivity index (χ2v) is 5.48. The Kier molecular flexibility index (Phi) is 3.27. The van der Waals surface area contributed by atoms with Crippen LogP contribution >= 0.6 is 0 Å². The molecule has 2 N–H and O–H groups in total. The minimum absolute atomic E-state index is 0.515. The summed E-state index contributed by atoms with van der Waals surface area (Å²) in [5.74, 6) is 0.515. The molecule has 0 aliphatic heterocycles. The number of nitrogen functional groups attached to an aromatic ring is 1. The van der Waals surface area contributed by atoms with Crippen LogP contribution in [-0.4, -0.2) is 14.5 Å². The smallest absolute Gasteiger partial charge is 0.146 e. The molecular weight excluding hydrogens is 284 g/mol. The number of hydrogen-bond donors (Lipinski definition) is 1. The van der Waals surface area contributed by atoms with E-state index in [1.54, 1.807) is 0 Å². The lowest BCUT2D eigenvalue weighted by Gasteiger charge is -2.04. The van der Waals surface area contributed by atoms with E-state index in [9.17, 15) is 0 Å². The van der Waals surface area contributed by atoms with Gasteiger partial charge in [0.1, 0.15) is 17.8 Å². The van der Waals surface area contributed by atoms with Gasteiger partial charge in [0.15, 0.2) is 0 Å². The fourth-order valence-corrected chi connectivity index (χ4v) is 2.88. The minimum atomic E-state index is 0.515. The predicted molar refractivity (Wildman–Crippen MR) is 92.9 cm³/mol. The number of hydrogen-bond acceptors (Lipinski definition) is 3. The third kappa shape index (κ3) is 2.44. The van der Waals surface area contributed by atoms with E-state index in [0.717, 1.165) is 28.7 Å². The van der Waals surface area contributed by atoms with Crippen molar-refractivity contribution in [3.8, 4) is 11.1 Å². The molecule has 23 heavy (non-hydrogen) atoms. The summed E-state index contributed by atoms with van der Waals surface area (Å²) >= 11 is 0. The van der Waals surface area contributed by atoms with Crippen LogP contribution in [0.2, 0.25) is 0 Å². The Labute approximate surface area is 134 Å². The van der Waals surface area contributed by atoms with Crippen molar-refractivity contribution in [2.24, 2.45) is 0 Å². The van der Waals surface area contributed by atoms with Gasteiger partial charge in [-0.25, -0.2) is 9.97 Å². The molecule has 0 atom stereocenters. The van der Waals surface area contributed by atoms with Crippen LogP contribution in [-0.2, 0) is 6.54 Å². The third-order valence-electron chi connectivity index (χ3n) is 3.96. The maximum Gasteiger partial charge on any atom is 0.146 e. The predicted octanol–water partition coefficient (Wildman–Crippen LogP) is 3.73. The Morgan fingerprint density at radius 2 is 1.57 bits per heavy atom. The fourth-order valence-electron chi connectivity index (χ4n) is 2.88. The molecule has 0 saturated heterocycles. The third-order valence-corrected chi connectivity index (χ3v) is 3.96. The Morgan fingerprint density at radius 3 is 2.30 bits per heavy atom. The zero-order valence-electron chi connectivity index (χ0n) is 12.6. The van der Waals surface area contributed by atoms with Gasteiger partial charge in [0.2, 0.25) is 0 Å². The van der Waals surface area contributed by atoms with E-state index < -0.39 is 0 Å². The molecule has 0 bridgehead atoms. The summed E-state index contributed by atoms with van der Waals surface area (Å²) in [5, 5.41) is 0.912. The van der Waals surface area contributed by atoms with Crippen LogP contribution in [0.4, 0.5) is 5.82 Å². The number of benzene rings is 2. The lowest BCUT2D eigenvalue weighted by Crippen LogP contribution is -2.00. The molecule has 4 rings (SSSR count). The molecule has 4 heteroatoms. The zero-order valence-corrected chi connectivity index (χ0v) is 12.6. The second kappa shape index (κ2) is 5.57. The fraction of sp³-hybridized carbons (Fsp3) is 0.0526. The van der Waals surface area contributed by atoms with E-state index in [4.69, 9.17) is 5.73 Å². The highest BCUT2D eigenvalue weighted by molar-refractivity contribution is 6.00. The summed E-state index contributed by atoms with van der Waals surface area (Å²) in [6, 6.07) is 20.5. The van der Waals surface area contributed by atoms with Gasteiger partial charge < -0.3 is 10.3 Å². The van der Waals surface area contributed by atoms with E-state index in [1.807, 2.05) is 36.4 Å². The zero-order chi connectivity index (χ0) is 15.6.